The molecule has 2 aromatic rings. The molecule has 12 heteroatoms. The number of pyridine rings is 2. The Morgan fingerprint density at radius 3 is 2.89 bits per heavy atom. The zero-order valence-electron chi connectivity index (χ0n) is 21.7. The molecule has 5 N–H and O–H groups in total. The number of carbonyl (C=O) groups is 2. The van der Waals surface area contributed by atoms with Crippen LogP contribution in [0.15, 0.2) is 12.1 Å². The van der Waals surface area contributed by atoms with Gasteiger partial charge < -0.3 is 35.7 Å². The summed E-state index contributed by atoms with van der Waals surface area (Å²) in [6.45, 7) is 6.03. The third-order valence-corrected chi connectivity index (χ3v) is 7.18. The summed E-state index contributed by atoms with van der Waals surface area (Å²) < 4.78 is 16.7. The zero-order chi connectivity index (χ0) is 26.8. The second-order valence-corrected chi connectivity index (χ2v) is 10.1. The van der Waals surface area contributed by atoms with Crippen molar-refractivity contribution in [3.8, 4) is 11.6 Å². The summed E-state index contributed by atoms with van der Waals surface area (Å²) in [6.07, 6.45) is 1.87. The molecule has 0 spiro atoms. The Bertz CT molecular complexity index is 1220. The lowest BCUT2D eigenvalue weighted by molar-refractivity contribution is -0.118. The van der Waals surface area contributed by atoms with E-state index in [9.17, 15) is 9.59 Å². The molecule has 0 bridgehead atoms. The topological polar surface area (TPSA) is 161 Å². The molecule has 12 nitrogen and oxygen atoms in total. The van der Waals surface area contributed by atoms with E-state index in [-0.39, 0.29) is 31.8 Å². The van der Waals surface area contributed by atoms with Crippen LogP contribution in [0.3, 0.4) is 0 Å². The molecule has 38 heavy (non-hydrogen) atoms. The van der Waals surface area contributed by atoms with Crippen LogP contribution in [0.2, 0.25) is 0 Å². The SMILES string of the molecule is Cc1nc(OC[C@H](N)CO)c(C)c2c1CC(CNCCC1CN(c3ccc4c(n3)NC(=O)CO4)C(=O)O1)C2. The first-order valence-electron chi connectivity index (χ1n) is 12.9. The molecule has 3 atom stereocenters. The number of fused-ring (bicyclic) bond motifs is 2. The Morgan fingerprint density at radius 2 is 2.08 bits per heavy atom. The van der Waals surface area contributed by atoms with Gasteiger partial charge in [0.25, 0.3) is 5.91 Å². The fourth-order valence-electron chi connectivity index (χ4n) is 5.13. The maximum absolute atomic E-state index is 12.5. The maximum Gasteiger partial charge on any atom is 0.415 e. The number of ether oxygens (including phenoxy) is 3. The summed E-state index contributed by atoms with van der Waals surface area (Å²) in [5.74, 6) is 1.96. The van der Waals surface area contributed by atoms with E-state index in [1.165, 1.54) is 16.0 Å². The number of aliphatic hydroxyl groups excluding tert-OH is 1. The molecule has 3 aliphatic rings. The average Bonchev–Trinajstić information content (AvgIpc) is 3.51. The third-order valence-electron chi connectivity index (χ3n) is 7.18. The van der Waals surface area contributed by atoms with Crippen molar-refractivity contribution in [2.24, 2.45) is 11.7 Å². The van der Waals surface area contributed by atoms with Crippen molar-refractivity contribution in [2.45, 2.75) is 45.3 Å². The van der Waals surface area contributed by atoms with Crippen LogP contribution in [0.25, 0.3) is 0 Å². The van der Waals surface area contributed by atoms with Crippen molar-refractivity contribution < 1.29 is 28.9 Å². The van der Waals surface area contributed by atoms with E-state index in [4.69, 9.17) is 25.1 Å². The Kier molecular flexibility index (Phi) is 7.63. The van der Waals surface area contributed by atoms with Gasteiger partial charge >= 0.3 is 6.09 Å². The number of aliphatic hydroxyl groups is 1. The van der Waals surface area contributed by atoms with Crippen LogP contribution in [0.5, 0.6) is 11.6 Å². The molecule has 204 valence electrons. The van der Waals surface area contributed by atoms with Gasteiger partial charge in [-0.1, -0.05) is 0 Å². The van der Waals surface area contributed by atoms with Crippen LogP contribution < -0.4 is 30.7 Å². The highest BCUT2D eigenvalue weighted by Gasteiger charge is 2.34. The number of amides is 2. The second kappa shape index (κ2) is 11.1. The summed E-state index contributed by atoms with van der Waals surface area (Å²) in [5, 5.41) is 15.3. The monoisotopic (exact) mass is 526 g/mol. The van der Waals surface area contributed by atoms with E-state index in [0.717, 1.165) is 30.6 Å². The average molecular weight is 527 g/mol. The number of hydrogen-bond donors (Lipinski definition) is 4. The van der Waals surface area contributed by atoms with E-state index < -0.39 is 12.1 Å². The molecule has 4 heterocycles. The Balaban J connectivity index is 1.09. The Hall–Kier alpha value is -3.48. The normalized spacial score (nSPS) is 20.9. The van der Waals surface area contributed by atoms with Gasteiger partial charge in [0.1, 0.15) is 18.5 Å². The largest absolute Gasteiger partial charge is 0.480 e. The number of aromatic nitrogens is 2. The minimum absolute atomic E-state index is 0.0477. The highest BCUT2D eigenvalue weighted by atomic mass is 16.6. The van der Waals surface area contributed by atoms with Crippen molar-refractivity contribution >= 4 is 23.6 Å². The number of nitrogens with zero attached hydrogens (tertiary/aromatic N) is 3. The van der Waals surface area contributed by atoms with Gasteiger partial charge in [0.2, 0.25) is 5.88 Å². The van der Waals surface area contributed by atoms with Crippen LogP contribution in [0, 0.1) is 19.8 Å². The minimum Gasteiger partial charge on any atom is -0.480 e. The van der Waals surface area contributed by atoms with Gasteiger partial charge in [0.05, 0.1) is 19.2 Å². The van der Waals surface area contributed by atoms with Gasteiger partial charge in [-0.05, 0) is 75.4 Å². The van der Waals surface area contributed by atoms with Gasteiger partial charge in [-0.15, -0.1) is 0 Å². The number of nitrogens with one attached hydrogen (secondary N) is 2. The number of nitrogens with two attached hydrogens (primary N) is 1. The summed E-state index contributed by atoms with van der Waals surface area (Å²) in [6, 6.07) is 2.95. The van der Waals surface area contributed by atoms with E-state index in [1.54, 1.807) is 12.1 Å². The van der Waals surface area contributed by atoms with Crippen LogP contribution >= 0.6 is 0 Å². The van der Waals surface area contributed by atoms with Gasteiger partial charge in [0.15, 0.2) is 18.2 Å². The van der Waals surface area contributed by atoms with E-state index >= 15 is 0 Å². The Morgan fingerprint density at radius 1 is 1.26 bits per heavy atom. The summed E-state index contributed by atoms with van der Waals surface area (Å²) in [4.78, 5) is 34.5. The zero-order valence-corrected chi connectivity index (χ0v) is 21.7. The van der Waals surface area contributed by atoms with Gasteiger partial charge in [0, 0.05) is 11.3 Å². The van der Waals surface area contributed by atoms with Gasteiger partial charge in [-0.25, -0.2) is 14.8 Å². The summed E-state index contributed by atoms with van der Waals surface area (Å²) in [7, 11) is 0. The predicted octanol–water partition coefficient (Wildman–Crippen LogP) is 0.843. The molecule has 2 unspecified atom stereocenters. The number of anilines is 2. The Labute approximate surface area is 220 Å². The summed E-state index contributed by atoms with van der Waals surface area (Å²) in [5.41, 5.74) is 10.4. The molecule has 1 fully saturated rings. The highest BCUT2D eigenvalue weighted by molar-refractivity contribution is 5.95. The third kappa shape index (κ3) is 5.52. The first-order valence-corrected chi connectivity index (χ1v) is 12.9. The van der Waals surface area contributed by atoms with Gasteiger partial charge in [-0.3, -0.25) is 9.69 Å². The maximum atomic E-state index is 12.5. The lowest BCUT2D eigenvalue weighted by atomic mass is 10.0. The minimum atomic E-state index is -0.451. The van der Waals surface area contributed by atoms with Crippen molar-refractivity contribution in [1.29, 1.82) is 0 Å². The molecular formula is C26H34N6O6. The fraction of sp³-hybridized carbons (Fsp3) is 0.538. The van der Waals surface area contributed by atoms with E-state index in [0.29, 0.717) is 48.7 Å². The smallest absolute Gasteiger partial charge is 0.415 e. The molecule has 1 aliphatic carbocycles. The van der Waals surface area contributed by atoms with Crippen molar-refractivity contribution in [3.05, 3.63) is 34.5 Å². The number of carbonyl (C=O) groups excluding carboxylic acids is 2. The molecule has 5 rings (SSSR count). The fourth-order valence-corrected chi connectivity index (χ4v) is 5.13. The molecule has 0 aromatic carbocycles. The van der Waals surface area contributed by atoms with Crippen LogP contribution in [0.4, 0.5) is 16.4 Å². The number of hydrogen-bond acceptors (Lipinski definition) is 10. The van der Waals surface area contributed by atoms with Crippen LogP contribution in [-0.2, 0) is 22.4 Å². The molecular weight excluding hydrogens is 492 g/mol. The van der Waals surface area contributed by atoms with Crippen LogP contribution in [0.1, 0.15) is 28.8 Å². The molecule has 0 saturated carbocycles. The molecule has 1 saturated heterocycles. The van der Waals surface area contributed by atoms with E-state index in [2.05, 4.69) is 20.6 Å². The van der Waals surface area contributed by atoms with Crippen LogP contribution in [-0.4, -0.2) is 78.7 Å². The van der Waals surface area contributed by atoms with Crippen molar-refractivity contribution in [2.75, 3.05) is 49.7 Å². The first kappa shape index (κ1) is 26.1. The molecule has 2 aliphatic heterocycles. The second-order valence-electron chi connectivity index (χ2n) is 10.1. The lowest BCUT2D eigenvalue weighted by Gasteiger charge is -2.19. The molecule has 2 amide bonds. The lowest BCUT2D eigenvalue weighted by Crippen LogP contribution is -2.31. The quantitative estimate of drug-likeness (QED) is 0.327. The molecule has 2 aromatic heterocycles. The number of rotatable bonds is 10. The van der Waals surface area contributed by atoms with Crippen molar-refractivity contribution in [3.63, 3.8) is 0 Å². The summed E-state index contributed by atoms with van der Waals surface area (Å²) >= 11 is 0. The highest BCUT2D eigenvalue weighted by Crippen LogP contribution is 2.35. The van der Waals surface area contributed by atoms with Gasteiger partial charge in [-0.2, -0.15) is 0 Å². The predicted molar refractivity (Wildman–Crippen MR) is 139 cm³/mol. The first-order chi connectivity index (χ1) is 18.3. The van der Waals surface area contributed by atoms with E-state index in [1.807, 2.05) is 13.8 Å². The van der Waals surface area contributed by atoms with Crippen molar-refractivity contribution in [1.82, 2.24) is 15.3 Å². The number of cyclic esters (lactones) is 1. The standard InChI is InChI=1S/C26H34N6O6/c1-14-19-7-16(8-20(19)15(2)29-25(14)37-12-17(27)11-33)9-28-6-5-18-10-32(26(35)38-18)22-4-3-21-24(30-22)31-23(34)13-36-21/h3-4,16-18,28,33H,5-13,27H2,1-2H3,(H,30,31,34)/t16?,17-,18?/m1/s1. The molecule has 0 radical (unpaired) electrons. The number of aryl methyl sites for hydroxylation is 1.